The van der Waals surface area contributed by atoms with Crippen LogP contribution in [0, 0.1) is 0 Å². The summed E-state index contributed by atoms with van der Waals surface area (Å²) in [5, 5.41) is 3.06. The maximum absolute atomic E-state index is 5.56. The van der Waals surface area contributed by atoms with Crippen molar-refractivity contribution in [3.05, 3.63) is 18.2 Å². The Balaban J connectivity index is 2.89. The number of nitrogens with one attached hydrogen (secondary N) is 1. The lowest BCUT2D eigenvalue weighted by atomic mass is 10.2. The van der Waals surface area contributed by atoms with Crippen molar-refractivity contribution in [3.63, 3.8) is 0 Å². The smallest absolute Gasteiger partial charge is 0.142 e. The fourth-order valence-corrected chi connectivity index (χ4v) is 1.23. The second kappa shape index (κ2) is 4.74. The molecule has 0 aromatic heterocycles. The van der Waals surface area contributed by atoms with Crippen LogP contribution in [-0.4, -0.2) is 20.3 Å². The van der Waals surface area contributed by atoms with E-state index in [1.807, 2.05) is 39.1 Å². The summed E-state index contributed by atoms with van der Waals surface area (Å²) in [7, 11) is 3.51. The van der Waals surface area contributed by atoms with Gasteiger partial charge in [-0.1, -0.05) is 0 Å². The molecule has 1 N–H and O–H groups in total. The number of hydrogen-bond acceptors (Lipinski definition) is 3. The Hall–Kier alpha value is -1.38. The van der Waals surface area contributed by atoms with Crippen molar-refractivity contribution in [3.8, 4) is 11.5 Å². The van der Waals surface area contributed by atoms with Gasteiger partial charge in [0.05, 0.1) is 18.9 Å². The molecule has 0 saturated heterocycles. The van der Waals surface area contributed by atoms with Gasteiger partial charge >= 0.3 is 0 Å². The first kappa shape index (κ1) is 10.7. The normalized spacial score (nSPS) is 10.1. The predicted molar refractivity (Wildman–Crippen MR) is 58.3 cm³/mol. The Labute approximate surface area is 85.0 Å². The van der Waals surface area contributed by atoms with E-state index in [0.717, 1.165) is 17.2 Å². The van der Waals surface area contributed by atoms with E-state index in [9.17, 15) is 0 Å². The maximum atomic E-state index is 5.56. The number of benzene rings is 1. The van der Waals surface area contributed by atoms with Crippen LogP contribution in [0.3, 0.4) is 0 Å². The largest absolute Gasteiger partial charge is 0.495 e. The van der Waals surface area contributed by atoms with E-state index in [0.29, 0.717) is 0 Å². The van der Waals surface area contributed by atoms with Gasteiger partial charge in [-0.05, 0) is 26.0 Å². The van der Waals surface area contributed by atoms with Gasteiger partial charge in [-0.15, -0.1) is 0 Å². The van der Waals surface area contributed by atoms with E-state index in [1.54, 1.807) is 7.11 Å². The molecule has 0 radical (unpaired) electrons. The number of rotatable bonds is 4. The molecule has 0 bridgehead atoms. The average Bonchev–Trinajstić information content (AvgIpc) is 2.16. The molecule has 0 saturated carbocycles. The highest BCUT2D eigenvalue weighted by Crippen LogP contribution is 2.28. The van der Waals surface area contributed by atoms with Gasteiger partial charge in [0, 0.05) is 13.1 Å². The molecule has 0 aliphatic carbocycles. The van der Waals surface area contributed by atoms with Gasteiger partial charge in [0.1, 0.15) is 11.5 Å². The fourth-order valence-electron chi connectivity index (χ4n) is 1.23. The zero-order valence-electron chi connectivity index (χ0n) is 9.13. The Bertz CT molecular complexity index is 297. The molecular weight excluding hydrogens is 178 g/mol. The van der Waals surface area contributed by atoms with Gasteiger partial charge in [-0.2, -0.15) is 0 Å². The molecule has 0 spiro atoms. The number of hydrogen-bond donors (Lipinski definition) is 1. The topological polar surface area (TPSA) is 30.5 Å². The molecule has 1 aromatic carbocycles. The molecule has 1 rings (SSSR count). The van der Waals surface area contributed by atoms with Crippen molar-refractivity contribution in [2.24, 2.45) is 0 Å². The number of methoxy groups -OCH3 is 1. The molecule has 14 heavy (non-hydrogen) atoms. The third-order valence-electron chi connectivity index (χ3n) is 1.81. The first-order chi connectivity index (χ1) is 6.67. The van der Waals surface area contributed by atoms with Crippen LogP contribution in [0.1, 0.15) is 13.8 Å². The summed E-state index contributed by atoms with van der Waals surface area (Å²) in [6.07, 6.45) is 0.188. The molecule has 1 aromatic rings. The average molecular weight is 195 g/mol. The summed E-state index contributed by atoms with van der Waals surface area (Å²) in [4.78, 5) is 0. The third kappa shape index (κ3) is 2.55. The Morgan fingerprint density at radius 1 is 1.29 bits per heavy atom. The van der Waals surface area contributed by atoms with Crippen LogP contribution in [0.15, 0.2) is 18.2 Å². The van der Waals surface area contributed by atoms with Gasteiger partial charge in [-0.25, -0.2) is 0 Å². The highest BCUT2D eigenvalue weighted by atomic mass is 16.5. The van der Waals surface area contributed by atoms with Crippen LogP contribution in [-0.2, 0) is 0 Å². The molecule has 3 heteroatoms. The first-order valence-electron chi connectivity index (χ1n) is 4.69. The van der Waals surface area contributed by atoms with Crippen LogP contribution in [0.25, 0.3) is 0 Å². The lowest BCUT2D eigenvalue weighted by Crippen LogP contribution is -2.06. The lowest BCUT2D eigenvalue weighted by Gasteiger charge is -2.13. The highest BCUT2D eigenvalue weighted by Gasteiger charge is 2.04. The van der Waals surface area contributed by atoms with E-state index in [1.165, 1.54) is 0 Å². The first-order valence-corrected chi connectivity index (χ1v) is 4.69. The van der Waals surface area contributed by atoms with Gasteiger partial charge < -0.3 is 14.8 Å². The summed E-state index contributed by atoms with van der Waals surface area (Å²) in [5.74, 6) is 1.67. The summed E-state index contributed by atoms with van der Waals surface area (Å²) in [6.45, 7) is 4.01. The second-order valence-corrected chi connectivity index (χ2v) is 3.28. The standard InChI is InChI=1S/C11H17NO2/c1-8(2)14-9-5-6-11(13-4)10(7-9)12-3/h5-8,12H,1-4H3. The molecule has 0 fully saturated rings. The zero-order chi connectivity index (χ0) is 10.6. The third-order valence-corrected chi connectivity index (χ3v) is 1.81. The molecule has 0 atom stereocenters. The van der Waals surface area contributed by atoms with Crippen molar-refractivity contribution in [2.75, 3.05) is 19.5 Å². The van der Waals surface area contributed by atoms with Crippen LogP contribution in [0.4, 0.5) is 5.69 Å². The quantitative estimate of drug-likeness (QED) is 0.800. The van der Waals surface area contributed by atoms with Crippen LogP contribution < -0.4 is 14.8 Å². The van der Waals surface area contributed by atoms with Crippen LogP contribution >= 0.6 is 0 Å². The van der Waals surface area contributed by atoms with Crippen molar-refractivity contribution < 1.29 is 9.47 Å². The minimum absolute atomic E-state index is 0.188. The van der Waals surface area contributed by atoms with Crippen molar-refractivity contribution in [1.29, 1.82) is 0 Å². The number of ether oxygens (including phenoxy) is 2. The summed E-state index contributed by atoms with van der Waals surface area (Å²) < 4.78 is 10.7. The zero-order valence-corrected chi connectivity index (χ0v) is 9.13. The molecule has 0 aliphatic rings. The summed E-state index contributed by atoms with van der Waals surface area (Å²) in [5.41, 5.74) is 0.936. The van der Waals surface area contributed by atoms with E-state index in [4.69, 9.17) is 9.47 Å². The molecule has 0 heterocycles. The monoisotopic (exact) mass is 195 g/mol. The number of anilines is 1. The molecule has 78 valence electrons. The SMILES string of the molecule is CNc1cc(OC(C)C)ccc1OC. The van der Waals surface area contributed by atoms with Gasteiger partial charge in [0.25, 0.3) is 0 Å². The van der Waals surface area contributed by atoms with Gasteiger partial charge in [0.2, 0.25) is 0 Å². The van der Waals surface area contributed by atoms with Crippen molar-refractivity contribution in [1.82, 2.24) is 0 Å². The maximum Gasteiger partial charge on any atom is 0.142 e. The fraction of sp³-hybridized carbons (Fsp3) is 0.455. The van der Waals surface area contributed by atoms with Crippen molar-refractivity contribution >= 4 is 5.69 Å². The Kier molecular flexibility index (Phi) is 3.63. The molecule has 0 unspecified atom stereocenters. The van der Waals surface area contributed by atoms with E-state index in [2.05, 4.69) is 5.32 Å². The van der Waals surface area contributed by atoms with Crippen molar-refractivity contribution in [2.45, 2.75) is 20.0 Å². The van der Waals surface area contributed by atoms with Crippen LogP contribution in [0.2, 0.25) is 0 Å². The molecule has 0 aliphatic heterocycles. The summed E-state index contributed by atoms with van der Waals surface area (Å²) >= 11 is 0. The Morgan fingerprint density at radius 3 is 2.50 bits per heavy atom. The van der Waals surface area contributed by atoms with E-state index in [-0.39, 0.29) is 6.10 Å². The second-order valence-electron chi connectivity index (χ2n) is 3.28. The minimum atomic E-state index is 0.188. The van der Waals surface area contributed by atoms with Crippen LogP contribution in [0.5, 0.6) is 11.5 Å². The van der Waals surface area contributed by atoms with E-state index < -0.39 is 0 Å². The molecule has 3 nitrogen and oxygen atoms in total. The highest BCUT2D eigenvalue weighted by molar-refractivity contribution is 5.59. The predicted octanol–water partition coefficient (Wildman–Crippen LogP) is 2.52. The molecule has 0 amide bonds. The van der Waals surface area contributed by atoms with Gasteiger partial charge in [-0.3, -0.25) is 0 Å². The summed E-state index contributed by atoms with van der Waals surface area (Å²) in [6, 6.07) is 5.72. The van der Waals surface area contributed by atoms with E-state index >= 15 is 0 Å². The van der Waals surface area contributed by atoms with Gasteiger partial charge in [0.15, 0.2) is 0 Å². The minimum Gasteiger partial charge on any atom is -0.495 e. The molecular formula is C11H17NO2. The lowest BCUT2D eigenvalue weighted by molar-refractivity contribution is 0.242. The Morgan fingerprint density at radius 2 is 2.00 bits per heavy atom.